The maximum absolute atomic E-state index is 12.2. The predicted octanol–water partition coefficient (Wildman–Crippen LogP) is 2.78. The average molecular weight is 376 g/mol. The van der Waals surface area contributed by atoms with Gasteiger partial charge >= 0.3 is 6.09 Å². The van der Waals surface area contributed by atoms with Crippen molar-refractivity contribution in [1.82, 2.24) is 15.1 Å². The molecule has 4 rings (SSSR count). The quantitative estimate of drug-likeness (QED) is 0.842. The molecule has 1 saturated carbocycles. The molecule has 2 N–H and O–H groups in total. The van der Waals surface area contributed by atoms with Crippen molar-refractivity contribution < 1.29 is 19.1 Å². The fourth-order valence-electron chi connectivity index (χ4n) is 4.09. The standard InChI is InChI=1S/C19H28N4O4/c1-12-5-4-7-23(12)19(25)27-14-9-13(10-14)15-11-17(22-21-15)20-18(24)16-6-2-3-8-26-16/h11-14,16H,2-10H2,1H3,(H2,20,21,22,24)/t12?,13-,14+,16?. The summed E-state index contributed by atoms with van der Waals surface area (Å²) in [4.78, 5) is 26.2. The van der Waals surface area contributed by atoms with Crippen LogP contribution in [0.4, 0.5) is 10.6 Å². The molecule has 1 aliphatic carbocycles. The molecule has 2 atom stereocenters. The minimum absolute atomic E-state index is 0.0349. The number of nitrogens with zero attached hydrogens (tertiary/aromatic N) is 2. The number of aromatic amines is 1. The molecule has 1 aromatic heterocycles. The fraction of sp³-hybridized carbons (Fsp3) is 0.737. The van der Waals surface area contributed by atoms with Crippen LogP contribution in [0.5, 0.6) is 0 Å². The molecule has 1 aromatic rings. The van der Waals surface area contributed by atoms with Gasteiger partial charge in [0, 0.05) is 36.9 Å². The lowest BCUT2D eigenvalue weighted by Crippen LogP contribution is -2.40. The average Bonchev–Trinajstić information content (AvgIpc) is 3.27. The minimum atomic E-state index is -0.376. The number of ether oxygens (including phenoxy) is 2. The first-order valence-corrected chi connectivity index (χ1v) is 10.0. The van der Waals surface area contributed by atoms with Crippen LogP contribution in [0, 0.1) is 0 Å². The van der Waals surface area contributed by atoms with E-state index in [1.54, 1.807) is 0 Å². The van der Waals surface area contributed by atoms with Gasteiger partial charge in [-0.1, -0.05) is 0 Å². The van der Waals surface area contributed by atoms with E-state index in [9.17, 15) is 9.59 Å². The SMILES string of the molecule is CC1CCCN1C(=O)O[C@H]1C[C@@H](c2cc(NC(=O)C3CCCCO3)n[nH]2)C1. The third-order valence-corrected chi connectivity index (χ3v) is 5.91. The third-order valence-electron chi connectivity index (χ3n) is 5.91. The molecule has 3 aliphatic rings. The van der Waals surface area contributed by atoms with E-state index < -0.39 is 0 Å². The number of hydrogen-bond donors (Lipinski definition) is 2. The van der Waals surface area contributed by atoms with E-state index in [-0.39, 0.29) is 36.2 Å². The molecule has 148 valence electrons. The number of rotatable bonds is 4. The van der Waals surface area contributed by atoms with Crippen molar-refractivity contribution in [3.8, 4) is 0 Å². The van der Waals surface area contributed by atoms with E-state index in [1.807, 2.05) is 11.0 Å². The zero-order valence-corrected chi connectivity index (χ0v) is 15.8. The van der Waals surface area contributed by atoms with Crippen LogP contribution >= 0.6 is 0 Å². The molecular weight excluding hydrogens is 348 g/mol. The van der Waals surface area contributed by atoms with Crippen molar-refractivity contribution >= 4 is 17.8 Å². The van der Waals surface area contributed by atoms with Gasteiger partial charge in [0.25, 0.3) is 5.91 Å². The van der Waals surface area contributed by atoms with Gasteiger partial charge in [-0.3, -0.25) is 9.89 Å². The van der Waals surface area contributed by atoms with Gasteiger partial charge in [0.05, 0.1) is 0 Å². The largest absolute Gasteiger partial charge is 0.446 e. The van der Waals surface area contributed by atoms with E-state index in [2.05, 4.69) is 22.4 Å². The van der Waals surface area contributed by atoms with Crippen molar-refractivity contribution in [3.05, 3.63) is 11.8 Å². The summed E-state index contributed by atoms with van der Waals surface area (Å²) in [5.74, 6) is 0.672. The topological polar surface area (TPSA) is 96.6 Å². The van der Waals surface area contributed by atoms with Gasteiger partial charge in [0.2, 0.25) is 0 Å². The van der Waals surface area contributed by atoms with Gasteiger partial charge in [0.15, 0.2) is 5.82 Å². The highest BCUT2D eigenvalue weighted by Crippen LogP contribution is 2.39. The van der Waals surface area contributed by atoms with Crippen LogP contribution in [0.2, 0.25) is 0 Å². The van der Waals surface area contributed by atoms with E-state index >= 15 is 0 Å². The van der Waals surface area contributed by atoms with Gasteiger partial charge in [-0.25, -0.2) is 4.79 Å². The van der Waals surface area contributed by atoms with Crippen LogP contribution in [-0.2, 0) is 14.3 Å². The van der Waals surface area contributed by atoms with E-state index in [1.165, 1.54) is 0 Å². The summed E-state index contributed by atoms with van der Waals surface area (Å²) in [6.07, 6.45) is 5.87. The van der Waals surface area contributed by atoms with Gasteiger partial charge in [-0.05, 0) is 51.9 Å². The summed E-state index contributed by atoms with van der Waals surface area (Å²) >= 11 is 0. The van der Waals surface area contributed by atoms with Gasteiger partial charge in [-0.15, -0.1) is 0 Å². The smallest absolute Gasteiger partial charge is 0.410 e. The highest BCUT2D eigenvalue weighted by molar-refractivity contribution is 5.93. The molecule has 2 unspecified atom stereocenters. The van der Waals surface area contributed by atoms with Crippen LogP contribution < -0.4 is 5.32 Å². The Bertz CT molecular complexity index is 679. The first-order valence-electron chi connectivity index (χ1n) is 10.0. The number of likely N-dealkylation sites (tertiary alicyclic amines) is 1. The number of nitrogens with one attached hydrogen (secondary N) is 2. The van der Waals surface area contributed by atoms with Crippen molar-refractivity contribution in [1.29, 1.82) is 0 Å². The maximum atomic E-state index is 12.2. The van der Waals surface area contributed by atoms with Crippen molar-refractivity contribution in [2.24, 2.45) is 0 Å². The summed E-state index contributed by atoms with van der Waals surface area (Å²) in [5.41, 5.74) is 0.969. The molecule has 3 fully saturated rings. The molecule has 2 aliphatic heterocycles. The molecule has 8 nitrogen and oxygen atoms in total. The molecule has 2 amide bonds. The van der Waals surface area contributed by atoms with Crippen molar-refractivity contribution in [2.45, 2.75) is 76.0 Å². The molecular formula is C19H28N4O4. The predicted molar refractivity (Wildman–Crippen MR) is 98.5 cm³/mol. The third kappa shape index (κ3) is 4.10. The van der Waals surface area contributed by atoms with Gasteiger partial charge in [0.1, 0.15) is 12.2 Å². The highest BCUT2D eigenvalue weighted by Gasteiger charge is 2.37. The Hall–Kier alpha value is -2.09. The first-order chi connectivity index (χ1) is 13.1. The van der Waals surface area contributed by atoms with E-state index in [4.69, 9.17) is 9.47 Å². The molecule has 27 heavy (non-hydrogen) atoms. The maximum Gasteiger partial charge on any atom is 0.410 e. The molecule has 0 spiro atoms. The molecule has 3 heterocycles. The Morgan fingerprint density at radius 3 is 2.85 bits per heavy atom. The molecule has 2 saturated heterocycles. The van der Waals surface area contributed by atoms with Gasteiger partial charge in [-0.2, -0.15) is 5.10 Å². The van der Waals surface area contributed by atoms with Crippen molar-refractivity contribution in [2.75, 3.05) is 18.5 Å². The Kier molecular flexibility index (Phi) is 5.33. The normalized spacial score (nSPS) is 30.6. The number of H-pyrrole nitrogens is 1. The van der Waals surface area contributed by atoms with Crippen molar-refractivity contribution in [3.63, 3.8) is 0 Å². The number of hydrogen-bond acceptors (Lipinski definition) is 5. The Balaban J connectivity index is 1.23. The number of carbonyl (C=O) groups excluding carboxylic acids is 2. The second-order valence-electron chi connectivity index (χ2n) is 7.91. The lowest BCUT2D eigenvalue weighted by Gasteiger charge is -2.35. The van der Waals surface area contributed by atoms with Crippen LogP contribution in [-0.4, -0.2) is 58.5 Å². The first kappa shape index (κ1) is 18.3. The summed E-state index contributed by atoms with van der Waals surface area (Å²) in [6.45, 7) is 3.50. The second kappa shape index (κ2) is 7.88. The molecule has 0 aromatic carbocycles. The zero-order chi connectivity index (χ0) is 18.8. The number of amides is 2. The summed E-state index contributed by atoms with van der Waals surface area (Å²) < 4.78 is 11.1. The molecule has 0 bridgehead atoms. The lowest BCUT2D eigenvalue weighted by molar-refractivity contribution is -0.130. The summed E-state index contributed by atoms with van der Waals surface area (Å²) in [5, 5.41) is 10.0. The van der Waals surface area contributed by atoms with E-state index in [0.717, 1.165) is 57.2 Å². The number of aromatic nitrogens is 2. The van der Waals surface area contributed by atoms with Crippen LogP contribution in [0.3, 0.4) is 0 Å². The molecule has 8 heteroatoms. The van der Waals surface area contributed by atoms with E-state index in [0.29, 0.717) is 12.4 Å². The highest BCUT2D eigenvalue weighted by atomic mass is 16.6. The number of carbonyl (C=O) groups is 2. The Labute approximate surface area is 159 Å². The Morgan fingerprint density at radius 1 is 1.30 bits per heavy atom. The lowest BCUT2D eigenvalue weighted by atomic mass is 9.80. The fourth-order valence-corrected chi connectivity index (χ4v) is 4.09. The summed E-state index contributed by atoms with van der Waals surface area (Å²) in [6, 6.07) is 2.15. The number of anilines is 1. The second-order valence-corrected chi connectivity index (χ2v) is 7.91. The van der Waals surface area contributed by atoms with Crippen LogP contribution in [0.1, 0.15) is 63.5 Å². The summed E-state index contributed by atoms with van der Waals surface area (Å²) in [7, 11) is 0. The molecule has 0 radical (unpaired) electrons. The van der Waals surface area contributed by atoms with Crippen LogP contribution in [0.15, 0.2) is 6.07 Å². The monoisotopic (exact) mass is 376 g/mol. The zero-order valence-electron chi connectivity index (χ0n) is 15.8. The van der Waals surface area contributed by atoms with Gasteiger partial charge < -0.3 is 19.7 Å². The minimum Gasteiger partial charge on any atom is -0.446 e. The van der Waals surface area contributed by atoms with Crippen LogP contribution in [0.25, 0.3) is 0 Å². The Morgan fingerprint density at radius 2 is 2.15 bits per heavy atom.